The molecule has 0 aromatic heterocycles. The molecule has 1 heterocycles. The summed E-state index contributed by atoms with van der Waals surface area (Å²) in [5.74, 6) is 1.54. The van der Waals surface area contributed by atoms with Crippen LogP contribution >= 0.6 is 0 Å². The van der Waals surface area contributed by atoms with Gasteiger partial charge in [-0.1, -0.05) is 0 Å². The van der Waals surface area contributed by atoms with E-state index in [1.165, 1.54) is 16.7 Å². The van der Waals surface area contributed by atoms with Crippen LogP contribution in [0.1, 0.15) is 51.8 Å². The van der Waals surface area contributed by atoms with Crippen LogP contribution in [0.3, 0.4) is 0 Å². The molecule has 2 aromatic rings. The molecule has 0 amide bonds. The van der Waals surface area contributed by atoms with Crippen LogP contribution in [0.5, 0.6) is 11.5 Å². The van der Waals surface area contributed by atoms with Crippen molar-refractivity contribution in [1.29, 1.82) is 0 Å². The lowest BCUT2D eigenvalue weighted by molar-refractivity contribution is 0.248. The third kappa shape index (κ3) is 5.36. The van der Waals surface area contributed by atoms with Gasteiger partial charge in [0.2, 0.25) is 10.0 Å². The largest absolute Gasteiger partial charge is 0.493 e. The Bertz CT molecular complexity index is 1100. The monoisotopic (exact) mass is 474 g/mol. The van der Waals surface area contributed by atoms with Crippen molar-refractivity contribution in [3.05, 3.63) is 51.1 Å². The van der Waals surface area contributed by atoms with Gasteiger partial charge in [0.1, 0.15) is 0 Å². The molecule has 1 N–H and O–H groups in total. The van der Waals surface area contributed by atoms with Gasteiger partial charge >= 0.3 is 0 Å². The van der Waals surface area contributed by atoms with Crippen LogP contribution in [0.15, 0.2) is 17.0 Å². The summed E-state index contributed by atoms with van der Waals surface area (Å²) < 4.78 is 39.8. The smallest absolute Gasteiger partial charge is 0.241 e. The highest BCUT2D eigenvalue weighted by Crippen LogP contribution is 2.33. The van der Waals surface area contributed by atoms with E-state index in [4.69, 9.17) is 9.47 Å². The number of nitrogens with one attached hydrogen (secondary N) is 1. The van der Waals surface area contributed by atoms with E-state index in [-0.39, 0.29) is 0 Å². The van der Waals surface area contributed by atoms with Crippen LogP contribution in [-0.4, -0.2) is 47.2 Å². The van der Waals surface area contributed by atoms with E-state index >= 15 is 0 Å². The second-order valence-electron chi connectivity index (χ2n) is 9.06. The second kappa shape index (κ2) is 10.5. The molecule has 7 heteroatoms. The van der Waals surface area contributed by atoms with Gasteiger partial charge < -0.3 is 9.47 Å². The number of fused-ring (bicyclic) bond motifs is 1. The average molecular weight is 475 g/mol. The molecule has 0 saturated carbocycles. The maximum atomic E-state index is 13.1. The maximum Gasteiger partial charge on any atom is 0.241 e. The lowest BCUT2D eigenvalue weighted by Gasteiger charge is -2.29. The number of ether oxygens (including phenoxy) is 2. The van der Waals surface area contributed by atoms with E-state index in [1.807, 2.05) is 27.7 Å². The Hall–Kier alpha value is -2.09. The molecule has 6 nitrogen and oxygen atoms in total. The summed E-state index contributed by atoms with van der Waals surface area (Å²) in [4.78, 5) is 2.86. The fourth-order valence-electron chi connectivity index (χ4n) is 4.74. The van der Waals surface area contributed by atoms with Gasteiger partial charge in [-0.2, -0.15) is 0 Å². The van der Waals surface area contributed by atoms with Gasteiger partial charge in [-0.25, -0.2) is 13.1 Å². The molecule has 0 atom stereocenters. The summed E-state index contributed by atoms with van der Waals surface area (Å²) in [7, 11) is -0.207. The molecular weight excluding hydrogens is 436 g/mol. The molecule has 0 aliphatic carbocycles. The predicted molar refractivity (Wildman–Crippen MR) is 133 cm³/mol. The molecule has 33 heavy (non-hydrogen) atoms. The molecule has 3 rings (SSSR count). The molecule has 0 radical (unpaired) electrons. The Morgan fingerprint density at radius 1 is 0.848 bits per heavy atom. The number of sulfonamides is 1. The average Bonchev–Trinajstić information content (AvgIpc) is 2.80. The van der Waals surface area contributed by atoms with Crippen LogP contribution in [0.25, 0.3) is 0 Å². The van der Waals surface area contributed by atoms with E-state index in [0.29, 0.717) is 11.4 Å². The lowest BCUT2D eigenvalue weighted by atomic mass is 9.95. The number of rotatable bonds is 9. The Labute approximate surface area is 199 Å². The number of nitrogens with zero attached hydrogens (tertiary/aromatic N) is 1. The molecule has 1 aliphatic heterocycles. The van der Waals surface area contributed by atoms with Gasteiger partial charge in [-0.05, 0) is 112 Å². The third-order valence-electron chi connectivity index (χ3n) is 7.19. The summed E-state index contributed by atoms with van der Waals surface area (Å²) in [6.07, 6.45) is 2.72. The van der Waals surface area contributed by atoms with Crippen molar-refractivity contribution in [2.24, 2.45) is 0 Å². The first-order valence-electron chi connectivity index (χ1n) is 11.6. The molecule has 0 bridgehead atoms. The number of unbranched alkanes of at least 4 members (excludes halogenated alkanes) is 1. The van der Waals surface area contributed by atoms with Gasteiger partial charge in [0, 0.05) is 19.6 Å². The predicted octanol–water partition coefficient (Wildman–Crippen LogP) is 4.36. The molecule has 182 valence electrons. The van der Waals surface area contributed by atoms with Gasteiger partial charge in [0.15, 0.2) is 11.5 Å². The van der Waals surface area contributed by atoms with Crippen molar-refractivity contribution in [3.63, 3.8) is 0 Å². The van der Waals surface area contributed by atoms with E-state index in [1.54, 1.807) is 14.2 Å². The number of hydrogen-bond acceptors (Lipinski definition) is 5. The normalized spacial score (nSPS) is 14.3. The summed E-state index contributed by atoms with van der Waals surface area (Å²) >= 11 is 0. The maximum absolute atomic E-state index is 13.1. The highest BCUT2D eigenvalue weighted by molar-refractivity contribution is 7.89. The molecule has 0 fully saturated rings. The lowest BCUT2D eigenvalue weighted by Crippen LogP contribution is -2.32. The first kappa shape index (κ1) is 25.5. The molecule has 0 unspecified atom stereocenters. The fraction of sp³-hybridized carbons (Fsp3) is 0.538. The van der Waals surface area contributed by atoms with Crippen LogP contribution in [0, 0.1) is 34.6 Å². The third-order valence-corrected chi connectivity index (χ3v) is 8.92. The Morgan fingerprint density at radius 2 is 1.39 bits per heavy atom. The Balaban J connectivity index is 1.55. The molecule has 1 aliphatic rings. The van der Waals surface area contributed by atoms with E-state index in [9.17, 15) is 8.42 Å². The van der Waals surface area contributed by atoms with Crippen LogP contribution in [-0.2, 0) is 23.0 Å². The van der Waals surface area contributed by atoms with Crippen molar-refractivity contribution in [3.8, 4) is 11.5 Å². The quantitative estimate of drug-likeness (QED) is 0.547. The van der Waals surface area contributed by atoms with E-state index in [0.717, 1.165) is 72.6 Å². The highest BCUT2D eigenvalue weighted by atomic mass is 32.2. The van der Waals surface area contributed by atoms with E-state index in [2.05, 4.69) is 28.7 Å². The zero-order valence-electron chi connectivity index (χ0n) is 21.1. The highest BCUT2D eigenvalue weighted by Gasteiger charge is 2.23. The van der Waals surface area contributed by atoms with Crippen LogP contribution in [0.2, 0.25) is 0 Å². The SMILES string of the molecule is COc1cc2c(cc1OC)CN(CCCCNS(=O)(=O)c1c(C)c(C)c(C)c(C)c1C)CC2. The Morgan fingerprint density at radius 3 is 1.97 bits per heavy atom. The van der Waals surface area contributed by atoms with Crippen molar-refractivity contribution >= 4 is 10.0 Å². The van der Waals surface area contributed by atoms with Gasteiger partial charge in [0.05, 0.1) is 19.1 Å². The second-order valence-corrected chi connectivity index (χ2v) is 10.8. The summed E-state index contributed by atoms with van der Waals surface area (Å²) in [6.45, 7) is 13.1. The summed E-state index contributed by atoms with van der Waals surface area (Å²) in [6, 6.07) is 4.16. The van der Waals surface area contributed by atoms with Crippen molar-refractivity contribution in [2.45, 2.75) is 65.3 Å². The minimum Gasteiger partial charge on any atom is -0.493 e. The van der Waals surface area contributed by atoms with E-state index < -0.39 is 10.0 Å². The standard InChI is InChI=1S/C26H38N2O4S/c1-17-18(2)20(4)26(21(5)19(17)3)33(29,30)27-11-8-9-12-28-13-10-22-14-24(31-6)25(32-7)15-23(22)16-28/h14-15,27H,8-13,16H2,1-7H3. The van der Waals surface area contributed by atoms with Crippen LogP contribution < -0.4 is 14.2 Å². The van der Waals surface area contributed by atoms with Gasteiger partial charge in [-0.3, -0.25) is 4.90 Å². The van der Waals surface area contributed by atoms with Gasteiger partial charge in [0.25, 0.3) is 0 Å². The molecule has 0 saturated heterocycles. The minimum atomic E-state index is -3.53. The zero-order valence-corrected chi connectivity index (χ0v) is 21.9. The topological polar surface area (TPSA) is 67.9 Å². The van der Waals surface area contributed by atoms with Crippen molar-refractivity contribution in [2.75, 3.05) is 33.9 Å². The zero-order chi connectivity index (χ0) is 24.3. The minimum absolute atomic E-state index is 0.445. The molecular formula is C26H38N2O4S. The molecule has 2 aromatic carbocycles. The van der Waals surface area contributed by atoms with Crippen LogP contribution in [0.4, 0.5) is 0 Å². The Kier molecular flexibility index (Phi) is 8.08. The number of methoxy groups -OCH3 is 2. The first-order chi connectivity index (χ1) is 15.6. The number of hydrogen-bond donors (Lipinski definition) is 1. The first-order valence-corrected chi connectivity index (χ1v) is 13.1. The van der Waals surface area contributed by atoms with Gasteiger partial charge in [-0.15, -0.1) is 0 Å². The van der Waals surface area contributed by atoms with Crippen molar-refractivity contribution < 1.29 is 17.9 Å². The molecule has 0 spiro atoms. The summed E-state index contributed by atoms with van der Waals surface area (Å²) in [5, 5.41) is 0. The summed E-state index contributed by atoms with van der Waals surface area (Å²) in [5.41, 5.74) is 7.56. The van der Waals surface area contributed by atoms with Crippen molar-refractivity contribution in [1.82, 2.24) is 9.62 Å². The number of benzene rings is 2. The fourth-order valence-corrected chi connectivity index (χ4v) is 6.41.